The predicted octanol–water partition coefficient (Wildman–Crippen LogP) is 6.66. The maximum Gasteiger partial charge on any atom is 0.180 e. The van der Waals surface area contributed by atoms with Crippen LogP contribution in [0.15, 0.2) is 47.4 Å². The molecule has 0 spiro atoms. The molecule has 4 aliphatic rings. The summed E-state index contributed by atoms with van der Waals surface area (Å²) in [6.45, 7) is 11.3. The van der Waals surface area contributed by atoms with Gasteiger partial charge in [0.1, 0.15) is 12.3 Å². The molecule has 224 valence electrons. The molecule has 0 amide bonds. The largest absolute Gasteiger partial charge is 0.494 e. The van der Waals surface area contributed by atoms with E-state index in [2.05, 4.69) is 84.8 Å². The van der Waals surface area contributed by atoms with Gasteiger partial charge < -0.3 is 14.7 Å². The number of ether oxygens (including phenoxy) is 1. The van der Waals surface area contributed by atoms with Crippen LogP contribution in [-0.4, -0.2) is 85.6 Å². The Kier molecular flexibility index (Phi) is 10.4. The molecule has 41 heavy (non-hydrogen) atoms. The summed E-state index contributed by atoms with van der Waals surface area (Å²) < 4.78 is 8.78. The second kappa shape index (κ2) is 14.0. The zero-order valence-electron chi connectivity index (χ0n) is 25.9. The molecule has 2 aromatic rings. The fourth-order valence-corrected chi connectivity index (χ4v) is 8.31. The fourth-order valence-electron chi connectivity index (χ4n) is 6.89. The quantitative estimate of drug-likeness (QED) is 0.201. The summed E-state index contributed by atoms with van der Waals surface area (Å²) in [5.74, 6) is 1.86. The molecule has 1 fully saturated rings. The molecular formula is C35H52N3O2S+. The maximum atomic E-state index is 12.4. The predicted molar refractivity (Wildman–Crippen MR) is 173 cm³/mol. The van der Waals surface area contributed by atoms with Crippen LogP contribution in [0.25, 0.3) is 0 Å². The molecule has 0 unspecified atom stereocenters. The van der Waals surface area contributed by atoms with E-state index in [-0.39, 0.29) is 11.3 Å². The monoisotopic (exact) mass is 578 g/mol. The molecule has 6 rings (SSSR count). The van der Waals surface area contributed by atoms with E-state index in [4.69, 9.17) is 4.74 Å². The molecule has 4 heterocycles. The Morgan fingerprint density at radius 3 is 2.37 bits per heavy atom. The number of benzene rings is 2. The minimum atomic E-state index is -0.422. The molecule has 2 atom stereocenters. The van der Waals surface area contributed by atoms with Crippen molar-refractivity contribution in [3.63, 3.8) is 0 Å². The zero-order chi connectivity index (χ0) is 28.8. The van der Waals surface area contributed by atoms with Crippen LogP contribution in [-0.2, 0) is 0 Å². The fraction of sp³-hybridized carbons (Fsp3) is 0.629. The molecule has 0 radical (unpaired) electrons. The SMILES string of the molecule is CCCCC1(CCCC)CSc2ccc(N(C)C)cc2[C@@H](c2ccc(OCCCC[N+]3=C4CN(CC3)C4)cc2)[C@H]1O. The highest BCUT2D eigenvalue weighted by molar-refractivity contribution is 7.99. The van der Waals surface area contributed by atoms with Crippen LogP contribution < -0.4 is 9.64 Å². The first kappa shape index (κ1) is 30.4. The van der Waals surface area contributed by atoms with E-state index < -0.39 is 6.10 Å². The van der Waals surface area contributed by atoms with E-state index in [1.54, 1.807) is 5.71 Å². The van der Waals surface area contributed by atoms with Crippen LogP contribution in [0.4, 0.5) is 5.69 Å². The third-order valence-electron chi connectivity index (χ3n) is 9.64. The van der Waals surface area contributed by atoms with Crippen LogP contribution in [0, 0.1) is 5.41 Å². The van der Waals surface area contributed by atoms with Gasteiger partial charge in [-0.05, 0) is 60.7 Å². The number of nitrogens with zero attached hydrogens (tertiary/aromatic N) is 3. The average molecular weight is 579 g/mol. The molecule has 0 aliphatic carbocycles. The number of thioether (sulfide) groups is 1. The standard InChI is InChI=1S/C35H52N3O2S/c1-5-7-17-35(18-8-6-2)26-41-32-16-13-28(36(3)4)23-31(32)33(34(35)39)27-11-14-30(15-12-27)40-22-10-9-19-38-21-20-37-24-29(38)25-37/h11-16,23,33-34,39H,5-10,17-22,24-26H2,1-4H3/q+1/t33-,34-/m1/s1. The lowest BCUT2D eigenvalue weighted by Crippen LogP contribution is -2.58. The van der Waals surface area contributed by atoms with Gasteiger partial charge in [0.05, 0.1) is 32.3 Å². The number of aliphatic hydroxyl groups excluding tert-OH is 1. The van der Waals surface area contributed by atoms with Gasteiger partial charge in [0.25, 0.3) is 0 Å². The minimum absolute atomic E-state index is 0.0489. The average Bonchev–Trinajstić information content (AvgIpc) is 3.09. The van der Waals surface area contributed by atoms with Gasteiger partial charge in [-0.25, -0.2) is 4.58 Å². The number of aliphatic hydroxyl groups is 1. The number of hydrogen-bond acceptors (Lipinski definition) is 5. The third kappa shape index (κ3) is 6.97. The van der Waals surface area contributed by atoms with Crippen molar-refractivity contribution in [2.45, 2.75) is 82.1 Å². The number of rotatable bonds is 14. The van der Waals surface area contributed by atoms with E-state index in [9.17, 15) is 5.11 Å². The summed E-state index contributed by atoms with van der Waals surface area (Å²) in [6, 6.07) is 15.5. The van der Waals surface area contributed by atoms with E-state index in [0.717, 1.165) is 69.6 Å². The van der Waals surface area contributed by atoms with E-state index in [1.165, 1.54) is 54.3 Å². The van der Waals surface area contributed by atoms with Crippen molar-refractivity contribution in [2.24, 2.45) is 5.41 Å². The molecule has 2 aromatic carbocycles. The molecule has 2 bridgehead atoms. The van der Waals surface area contributed by atoms with Crippen molar-refractivity contribution >= 4 is 23.2 Å². The van der Waals surface area contributed by atoms with Gasteiger partial charge >= 0.3 is 0 Å². The van der Waals surface area contributed by atoms with E-state index in [1.807, 2.05) is 11.8 Å². The van der Waals surface area contributed by atoms with Gasteiger partial charge in [0.2, 0.25) is 0 Å². The van der Waals surface area contributed by atoms with Crippen molar-refractivity contribution in [2.75, 3.05) is 64.1 Å². The van der Waals surface area contributed by atoms with Gasteiger partial charge in [-0.1, -0.05) is 51.7 Å². The first-order chi connectivity index (χ1) is 19.9. The Balaban J connectivity index is 1.32. The van der Waals surface area contributed by atoms with Crippen molar-refractivity contribution in [1.29, 1.82) is 0 Å². The van der Waals surface area contributed by atoms with Gasteiger partial charge in [-0.3, -0.25) is 4.90 Å². The summed E-state index contributed by atoms with van der Waals surface area (Å²) in [7, 11) is 4.20. The Morgan fingerprint density at radius 2 is 1.73 bits per heavy atom. The van der Waals surface area contributed by atoms with Crippen molar-refractivity contribution in [1.82, 2.24) is 4.90 Å². The summed E-state index contributed by atoms with van der Waals surface area (Å²) in [5.41, 5.74) is 5.19. The van der Waals surface area contributed by atoms with Crippen LogP contribution in [0.2, 0.25) is 0 Å². The van der Waals surface area contributed by atoms with Crippen LogP contribution in [0.5, 0.6) is 5.75 Å². The number of unbranched alkanes of at least 4 members (excludes halogenated alkanes) is 3. The lowest BCUT2D eigenvalue weighted by molar-refractivity contribution is -0.542. The highest BCUT2D eigenvalue weighted by Gasteiger charge is 2.45. The molecule has 1 N–H and O–H groups in total. The molecule has 6 heteroatoms. The van der Waals surface area contributed by atoms with E-state index in [0.29, 0.717) is 0 Å². The third-order valence-corrected chi connectivity index (χ3v) is 11.0. The topological polar surface area (TPSA) is 39.0 Å². The summed E-state index contributed by atoms with van der Waals surface area (Å²) >= 11 is 1.96. The highest BCUT2D eigenvalue weighted by atomic mass is 32.2. The van der Waals surface area contributed by atoms with Crippen LogP contribution >= 0.6 is 11.8 Å². The van der Waals surface area contributed by atoms with Gasteiger partial charge in [0, 0.05) is 48.2 Å². The first-order valence-electron chi connectivity index (χ1n) is 16.1. The van der Waals surface area contributed by atoms with Gasteiger partial charge in [-0.2, -0.15) is 0 Å². The highest BCUT2D eigenvalue weighted by Crippen LogP contribution is 2.52. The Bertz CT molecular complexity index is 1160. The molecule has 4 aliphatic heterocycles. The zero-order valence-corrected chi connectivity index (χ0v) is 26.7. The molecule has 5 nitrogen and oxygen atoms in total. The molecule has 1 saturated heterocycles. The molecule has 0 saturated carbocycles. The second-order valence-corrected chi connectivity index (χ2v) is 13.8. The summed E-state index contributed by atoms with van der Waals surface area (Å²) in [6.07, 6.45) is 8.64. The summed E-state index contributed by atoms with van der Waals surface area (Å²) in [4.78, 5) is 6.00. The van der Waals surface area contributed by atoms with Crippen molar-refractivity contribution in [3.05, 3.63) is 53.6 Å². The molecule has 0 aromatic heterocycles. The Hall–Kier alpha value is -2.02. The van der Waals surface area contributed by atoms with Crippen molar-refractivity contribution < 1.29 is 14.4 Å². The summed E-state index contributed by atoms with van der Waals surface area (Å²) in [5, 5.41) is 12.4. The maximum absolute atomic E-state index is 12.4. The lowest BCUT2D eigenvalue weighted by atomic mass is 9.68. The lowest BCUT2D eigenvalue weighted by Gasteiger charge is -2.40. The number of hydrogen-bond donors (Lipinski definition) is 1. The molecular weight excluding hydrogens is 526 g/mol. The van der Waals surface area contributed by atoms with E-state index >= 15 is 0 Å². The first-order valence-corrected chi connectivity index (χ1v) is 17.1. The van der Waals surface area contributed by atoms with Crippen LogP contribution in [0.3, 0.4) is 0 Å². The van der Waals surface area contributed by atoms with Crippen molar-refractivity contribution in [3.8, 4) is 5.75 Å². The number of anilines is 1. The van der Waals surface area contributed by atoms with Gasteiger partial charge in [0.15, 0.2) is 12.3 Å². The Labute approximate surface area is 253 Å². The smallest absolute Gasteiger partial charge is 0.180 e. The van der Waals surface area contributed by atoms with Gasteiger partial charge in [-0.15, -0.1) is 11.8 Å². The normalized spacial score (nSPS) is 21.7. The van der Waals surface area contributed by atoms with Crippen LogP contribution in [0.1, 0.15) is 82.3 Å². The number of fused-ring (bicyclic) bond motifs is 3. The minimum Gasteiger partial charge on any atom is -0.494 e. The second-order valence-electron chi connectivity index (χ2n) is 12.8. The Morgan fingerprint density at radius 1 is 1.00 bits per heavy atom.